The molecule has 1 heterocycles. The van der Waals surface area contributed by atoms with E-state index in [1.807, 2.05) is 13.8 Å². The summed E-state index contributed by atoms with van der Waals surface area (Å²) in [5, 5.41) is 2.88. The molecule has 1 aromatic rings. The normalized spacial score (nSPS) is 10.1. The maximum absolute atomic E-state index is 11.7. The van der Waals surface area contributed by atoms with Gasteiger partial charge in [-0.15, -0.1) is 0 Å². The summed E-state index contributed by atoms with van der Waals surface area (Å²) < 4.78 is 0. The Morgan fingerprint density at radius 2 is 2.17 bits per heavy atom. The quantitative estimate of drug-likeness (QED) is 0.663. The summed E-state index contributed by atoms with van der Waals surface area (Å²) in [5.74, 6) is 0.377. The number of aromatic amines is 1. The minimum atomic E-state index is -0.387. The number of nitrogens with zero attached hydrogens (tertiary/aromatic N) is 2. The molecule has 0 aliphatic heterocycles. The molecule has 0 saturated heterocycles. The Hall–Kier alpha value is -2.05. The van der Waals surface area contributed by atoms with Crippen molar-refractivity contribution in [1.29, 1.82) is 0 Å². The lowest BCUT2D eigenvalue weighted by atomic mass is 10.3. The van der Waals surface area contributed by atoms with Crippen LogP contribution in [0.2, 0.25) is 0 Å². The molecule has 0 aliphatic carbocycles. The van der Waals surface area contributed by atoms with E-state index in [2.05, 4.69) is 15.3 Å². The van der Waals surface area contributed by atoms with Crippen LogP contribution in [-0.4, -0.2) is 40.4 Å². The molecule has 1 rings (SSSR count). The van der Waals surface area contributed by atoms with E-state index in [1.165, 1.54) is 6.33 Å². The van der Waals surface area contributed by atoms with Gasteiger partial charge in [0.25, 0.3) is 5.56 Å². The molecule has 100 valence electrons. The van der Waals surface area contributed by atoms with E-state index in [1.54, 1.807) is 4.90 Å². The zero-order valence-corrected chi connectivity index (χ0v) is 10.7. The first-order valence-electron chi connectivity index (χ1n) is 5.94. The highest BCUT2D eigenvalue weighted by Crippen LogP contribution is 2.07. The largest absolute Gasteiger partial charge is 0.391 e. The van der Waals surface area contributed by atoms with Gasteiger partial charge in [0.1, 0.15) is 5.69 Å². The topological polar surface area (TPSA) is 104 Å². The average molecular weight is 253 g/mol. The summed E-state index contributed by atoms with van der Waals surface area (Å²) in [4.78, 5) is 30.9. The van der Waals surface area contributed by atoms with Crippen LogP contribution in [-0.2, 0) is 4.79 Å². The van der Waals surface area contributed by atoms with Gasteiger partial charge in [-0.05, 0) is 13.8 Å². The second kappa shape index (κ2) is 6.63. The van der Waals surface area contributed by atoms with Gasteiger partial charge in [0.05, 0.1) is 6.33 Å². The molecular formula is C11H19N5O2. The number of nitrogens with two attached hydrogens (primary N) is 1. The van der Waals surface area contributed by atoms with E-state index in [0.717, 1.165) is 0 Å². The molecule has 0 saturated carbocycles. The highest BCUT2D eigenvalue weighted by Gasteiger charge is 2.09. The number of carbonyl (C=O) groups excluding carboxylic acids is 1. The van der Waals surface area contributed by atoms with Gasteiger partial charge in [0, 0.05) is 26.1 Å². The smallest absolute Gasteiger partial charge is 0.276 e. The van der Waals surface area contributed by atoms with Crippen LogP contribution in [0.3, 0.4) is 0 Å². The highest BCUT2D eigenvalue weighted by atomic mass is 16.2. The van der Waals surface area contributed by atoms with Crippen LogP contribution < -0.4 is 16.6 Å². The number of rotatable bonds is 6. The number of nitrogen functional groups attached to an aromatic ring is 1. The van der Waals surface area contributed by atoms with Gasteiger partial charge < -0.3 is 20.9 Å². The van der Waals surface area contributed by atoms with Crippen LogP contribution in [0.15, 0.2) is 11.1 Å². The van der Waals surface area contributed by atoms with Crippen LogP contribution in [0.1, 0.15) is 20.3 Å². The maximum Gasteiger partial charge on any atom is 0.276 e. The summed E-state index contributed by atoms with van der Waals surface area (Å²) in [7, 11) is 0. The number of H-pyrrole nitrogens is 1. The third kappa shape index (κ3) is 3.47. The molecular weight excluding hydrogens is 234 g/mol. The average Bonchev–Trinajstić information content (AvgIpc) is 2.36. The number of aromatic nitrogens is 2. The molecule has 0 fully saturated rings. The summed E-state index contributed by atoms with van der Waals surface area (Å²) in [6.07, 6.45) is 1.61. The fraction of sp³-hybridized carbons (Fsp3) is 0.545. The van der Waals surface area contributed by atoms with Gasteiger partial charge in [-0.3, -0.25) is 9.59 Å². The van der Waals surface area contributed by atoms with Gasteiger partial charge in [-0.2, -0.15) is 0 Å². The minimum Gasteiger partial charge on any atom is -0.391 e. The summed E-state index contributed by atoms with van der Waals surface area (Å²) in [6, 6.07) is 0. The van der Waals surface area contributed by atoms with Crippen LogP contribution in [0.5, 0.6) is 0 Å². The summed E-state index contributed by atoms with van der Waals surface area (Å²) >= 11 is 0. The van der Waals surface area contributed by atoms with Gasteiger partial charge in [-0.25, -0.2) is 4.98 Å². The Morgan fingerprint density at radius 1 is 1.50 bits per heavy atom. The second-order valence-corrected chi connectivity index (χ2v) is 3.74. The fourth-order valence-electron chi connectivity index (χ4n) is 1.57. The number of hydrogen-bond donors (Lipinski definition) is 3. The Morgan fingerprint density at radius 3 is 2.78 bits per heavy atom. The first-order valence-corrected chi connectivity index (χ1v) is 5.94. The van der Waals surface area contributed by atoms with E-state index in [4.69, 9.17) is 5.73 Å². The van der Waals surface area contributed by atoms with Crippen LogP contribution in [0, 0.1) is 0 Å². The van der Waals surface area contributed by atoms with Crippen molar-refractivity contribution in [3.8, 4) is 0 Å². The first kappa shape index (κ1) is 14.0. The van der Waals surface area contributed by atoms with E-state index < -0.39 is 0 Å². The van der Waals surface area contributed by atoms with E-state index in [-0.39, 0.29) is 17.2 Å². The van der Waals surface area contributed by atoms with Crippen molar-refractivity contribution < 1.29 is 4.79 Å². The molecule has 7 heteroatoms. The predicted octanol–water partition coefficient (Wildman–Crippen LogP) is 0.0225. The van der Waals surface area contributed by atoms with Crippen molar-refractivity contribution in [3.05, 3.63) is 16.7 Å². The molecule has 0 aromatic carbocycles. The van der Waals surface area contributed by atoms with Crippen molar-refractivity contribution in [1.82, 2.24) is 14.9 Å². The van der Waals surface area contributed by atoms with E-state index in [0.29, 0.717) is 31.9 Å². The van der Waals surface area contributed by atoms with Crippen LogP contribution in [0.25, 0.3) is 0 Å². The molecule has 7 nitrogen and oxygen atoms in total. The van der Waals surface area contributed by atoms with Gasteiger partial charge >= 0.3 is 0 Å². The molecule has 4 N–H and O–H groups in total. The van der Waals surface area contributed by atoms with Crippen molar-refractivity contribution in [3.63, 3.8) is 0 Å². The highest BCUT2D eigenvalue weighted by molar-refractivity contribution is 5.76. The SMILES string of the molecule is CCN(CC)C(=O)CCNc1nc[nH]c(=O)c1N. The third-order valence-electron chi connectivity index (χ3n) is 2.64. The number of nitrogens with one attached hydrogen (secondary N) is 2. The molecule has 0 bridgehead atoms. The van der Waals surface area contributed by atoms with Gasteiger partial charge in [0.15, 0.2) is 5.82 Å². The molecule has 0 spiro atoms. The number of carbonyl (C=O) groups is 1. The standard InChI is InChI=1S/C11H19N5O2/c1-3-16(4-2)8(17)5-6-13-10-9(12)11(18)15-7-14-10/h7H,3-6,12H2,1-2H3,(H2,13,14,15,18). The molecule has 18 heavy (non-hydrogen) atoms. The van der Waals surface area contributed by atoms with Crippen molar-refractivity contribution in [2.75, 3.05) is 30.7 Å². The summed E-state index contributed by atoms with van der Waals surface area (Å²) in [6.45, 7) is 5.66. The molecule has 0 aliphatic rings. The van der Waals surface area contributed by atoms with Crippen molar-refractivity contribution >= 4 is 17.4 Å². The molecule has 1 aromatic heterocycles. The van der Waals surface area contributed by atoms with Crippen LogP contribution >= 0.6 is 0 Å². The summed E-state index contributed by atoms with van der Waals surface area (Å²) in [5.41, 5.74) is 5.20. The zero-order valence-electron chi connectivity index (χ0n) is 10.7. The Bertz CT molecular complexity index is 453. The van der Waals surface area contributed by atoms with Crippen molar-refractivity contribution in [2.45, 2.75) is 20.3 Å². The number of anilines is 2. The molecule has 0 atom stereocenters. The lowest BCUT2D eigenvalue weighted by Crippen LogP contribution is -2.31. The molecule has 1 amide bonds. The molecule has 0 unspecified atom stereocenters. The Balaban J connectivity index is 2.49. The van der Waals surface area contributed by atoms with Crippen LogP contribution in [0.4, 0.5) is 11.5 Å². The fourth-order valence-corrected chi connectivity index (χ4v) is 1.57. The third-order valence-corrected chi connectivity index (χ3v) is 2.64. The van der Waals surface area contributed by atoms with Crippen molar-refractivity contribution in [2.24, 2.45) is 0 Å². The molecule has 0 radical (unpaired) electrons. The monoisotopic (exact) mass is 253 g/mol. The lowest BCUT2D eigenvalue weighted by molar-refractivity contribution is -0.130. The number of hydrogen-bond acceptors (Lipinski definition) is 5. The predicted molar refractivity (Wildman–Crippen MR) is 70.3 cm³/mol. The van der Waals surface area contributed by atoms with Gasteiger partial charge in [-0.1, -0.05) is 0 Å². The first-order chi connectivity index (χ1) is 8.60. The lowest BCUT2D eigenvalue weighted by Gasteiger charge is -2.18. The van der Waals surface area contributed by atoms with E-state index in [9.17, 15) is 9.59 Å². The van der Waals surface area contributed by atoms with E-state index >= 15 is 0 Å². The minimum absolute atomic E-state index is 0.0350. The maximum atomic E-state index is 11.7. The second-order valence-electron chi connectivity index (χ2n) is 3.74. The Labute approximate surface area is 105 Å². The Kier molecular flexibility index (Phi) is 5.16. The van der Waals surface area contributed by atoms with Gasteiger partial charge in [0.2, 0.25) is 5.91 Å². The number of amides is 1. The zero-order chi connectivity index (χ0) is 13.5.